The standard InChI is InChI=1S/C12H17BrFNO3S/c1-8-4-11(14)5-9(2)12(8)19(16,17)15-6-10(13)7-18-3/h4-5,10,15H,6-7H2,1-3H3. The maximum absolute atomic E-state index is 13.2. The van der Waals surface area contributed by atoms with Crippen molar-refractivity contribution in [2.45, 2.75) is 23.6 Å². The lowest BCUT2D eigenvalue weighted by atomic mass is 10.1. The predicted molar refractivity (Wildman–Crippen MR) is 75.7 cm³/mol. The molecule has 0 aliphatic rings. The van der Waals surface area contributed by atoms with Crippen molar-refractivity contribution < 1.29 is 17.5 Å². The summed E-state index contributed by atoms with van der Waals surface area (Å²) in [6, 6.07) is 2.42. The lowest BCUT2D eigenvalue weighted by Crippen LogP contribution is -2.32. The van der Waals surface area contributed by atoms with Crippen LogP contribution in [-0.4, -0.2) is 33.5 Å². The highest BCUT2D eigenvalue weighted by atomic mass is 79.9. The minimum absolute atomic E-state index is 0.117. The van der Waals surface area contributed by atoms with Crippen LogP contribution in [0.4, 0.5) is 4.39 Å². The fraction of sp³-hybridized carbons (Fsp3) is 0.500. The highest BCUT2D eigenvalue weighted by molar-refractivity contribution is 9.09. The van der Waals surface area contributed by atoms with Crippen molar-refractivity contribution in [2.24, 2.45) is 0 Å². The Hall–Kier alpha value is -0.500. The van der Waals surface area contributed by atoms with Crippen molar-refractivity contribution in [1.82, 2.24) is 4.72 Å². The number of hydrogen-bond acceptors (Lipinski definition) is 3. The van der Waals surface area contributed by atoms with Gasteiger partial charge in [-0.2, -0.15) is 0 Å². The van der Waals surface area contributed by atoms with E-state index in [1.54, 1.807) is 13.8 Å². The quantitative estimate of drug-likeness (QED) is 0.797. The smallest absolute Gasteiger partial charge is 0.241 e. The Morgan fingerprint density at radius 3 is 2.37 bits per heavy atom. The molecule has 0 bridgehead atoms. The van der Waals surface area contributed by atoms with Crippen LogP contribution in [0.15, 0.2) is 17.0 Å². The zero-order chi connectivity index (χ0) is 14.6. The molecule has 0 fully saturated rings. The van der Waals surface area contributed by atoms with E-state index in [2.05, 4.69) is 20.7 Å². The largest absolute Gasteiger partial charge is 0.383 e. The van der Waals surface area contributed by atoms with Crippen LogP contribution < -0.4 is 4.72 Å². The molecule has 1 N–H and O–H groups in total. The van der Waals surface area contributed by atoms with Crippen LogP contribution in [0.2, 0.25) is 0 Å². The van der Waals surface area contributed by atoms with Gasteiger partial charge >= 0.3 is 0 Å². The molecule has 19 heavy (non-hydrogen) atoms. The SMILES string of the molecule is COCC(Br)CNS(=O)(=O)c1c(C)cc(F)cc1C. The molecule has 0 radical (unpaired) electrons. The van der Waals surface area contributed by atoms with Gasteiger partial charge in [0.05, 0.1) is 16.3 Å². The first-order valence-electron chi connectivity index (χ1n) is 5.67. The Kier molecular flexibility index (Phi) is 5.91. The number of halogens is 2. The van der Waals surface area contributed by atoms with E-state index in [9.17, 15) is 12.8 Å². The van der Waals surface area contributed by atoms with E-state index in [0.29, 0.717) is 17.7 Å². The number of aryl methyl sites for hydroxylation is 2. The molecule has 1 aromatic rings. The average molecular weight is 354 g/mol. The Morgan fingerprint density at radius 2 is 1.89 bits per heavy atom. The van der Waals surface area contributed by atoms with Gasteiger partial charge in [-0.15, -0.1) is 0 Å². The number of benzene rings is 1. The van der Waals surface area contributed by atoms with Crippen LogP contribution in [0.1, 0.15) is 11.1 Å². The van der Waals surface area contributed by atoms with E-state index in [0.717, 1.165) is 0 Å². The molecule has 1 rings (SSSR count). The van der Waals surface area contributed by atoms with Crippen molar-refractivity contribution in [1.29, 1.82) is 0 Å². The van der Waals surface area contributed by atoms with Crippen molar-refractivity contribution in [3.63, 3.8) is 0 Å². The molecule has 108 valence electrons. The minimum Gasteiger partial charge on any atom is -0.383 e. The van der Waals surface area contributed by atoms with Crippen LogP contribution in [0.3, 0.4) is 0 Å². The third-order valence-corrected chi connectivity index (χ3v) is 4.85. The van der Waals surface area contributed by atoms with Gasteiger partial charge in [0, 0.05) is 13.7 Å². The lowest BCUT2D eigenvalue weighted by molar-refractivity contribution is 0.201. The third kappa shape index (κ3) is 4.52. The minimum atomic E-state index is -3.65. The van der Waals surface area contributed by atoms with Gasteiger partial charge in [-0.1, -0.05) is 15.9 Å². The number of ether oxygens (including phenoxy) is 1. The molecule has 1 atom stereocenters. The number of hydrogen-bond donors (Lipinski definition) is 1. The molecule has 0 aliphatic carbocycles. The number of methoxy groups -OCH3 is 1. The maximum Gasteiger partial charge on any atom is 0.241 e. The molecule has 0 heterocycles. The number of alkyl halides is 1. The van der Waals surface area contributed by atoms with Gasteiger partial charge in [-0.25, -0.2) is 17.5 Å². The Morgan fingerprint density at radius 1 is 1.37 bits per heavy atom. The van der Waals surface area contributed by atoms with E-state index >= 15 is 0 Å². The molecule has 0 aliphatic heterocycles. The monoisotopic (exact) mass is 353 g/mol. The summed E-state index contributed by atoms with van der Waals surface area (Å²) in [5, 5.41) is 0. The first-order chi connectivity index (χ1) is 8.77. The summed E-state index contributed by atoms with van der Waals surface area (Å²) >= 11 is 3.30. The molecule has 0 amide bonds. The zero-order valence-electron chi connectivity index (χ0n) is 11.0. The topological polar surface area (TPSA) is 55.4 Å². The summed E-state index contributed by atoms with van der Waals surface area (Å²) in [6.45, 7) is 3.74. The number of nitrogens with one attached hydrogen (secondary N) is 1. The van der Waals surface area contributed by atoms with E-state index in [4.69, 9.17) is 4.74 Å². The summed E-state index contributed by atoms with van der Waals surface area (Å²) < 4.78 is 45.0. The fourth-order valence-corrected chi connectivity index (χ4v) is 4.00. The highest BCUT2D eigenvalue weighted by Crippen LogP contribution is 2.21. The van der Waals surface area contributed by atoms with E-state index in [1.807, 2.05) is 0 Å². The zero-order valence-corrected chi connectivity index (χ0v) is 13.4. The van der Waals surface area contributed by atoms with Gasteiger partial charge in [0.2, 0.25) is 10.0 Å². The van der Waals surface area contributed by atoms with Crippen LogP contribution in [0.5, 0.6) is 0 Å². The molecule has 1 unspecified atom stereocenters. The van der Waals surface area contributed by atoms with Gasteiger partial charge < -0.3 is 4.74 Å². The second-order valence-electron chi connectivity index (χ2n) is 4.27. The molecule has 4 nitrogen and oxygen atoms in total. The first kappa shape index (κ1) is 16.6. The average Bonchev–Trinajstić information content (AvgIpc) is 2.25. The van der Waals surface area contributed by atoms with Gasteiger partial charge in [0.25, 0.3) is 0 Å². The molecular formula is C12H17BrFNO3S. The molecule has 0 aromatic heterocycles. The number of rotatable bonds is 6. The van der Waals surface area contributed by atoms with Crippen LogP contribution in [0.25, 0.3) is 0 Å². The molecule has 0 saturated carbocycles. The lowest BCUT2D eigenvalue weighted by Gasteiger charge is -2.14. The molecule has 0 spiro atoms. The van der Waals surface area contributed by atoms with Crippen molar-refractivity contribution in [3.05, 3.63) is 29.1 Å². The summed E-state index contributed by atoms with van der Waals surface area (Å²) in [4.78, 5) is 0.0133. The Balaban J connectivity index is 2.95. The van der Waals surface area contributed by atoms with Gasteiger partial charge in [0.15, 0.2) is 0 Å². The van der Waals surface area contributed by atoms with Crippen LogP contribution >= 0.6 is 15.9 Å². The second-order valence-corrected chi connectivity index (χ2v) is 7.27. The third-order valence-electron chi connectivity index (χ3n) is 2.54. The highest BCUT2D eigenvalue weighted by Gasteiger charge is 2.21. The van der Waals surface area contributed by atoms with E-state index in [-0.39, 0.29) is 16.3 Å². The second kappa shape index (κ2) is 6.78. The van der Waals surface area contributed by atoms with Crippen LogP contribution in [-0.2, 0) is 14.8 Å². The van der Waals surface area contributed by atoms with Crippen LogP contribution in [0, 0.1) is 19.7 Å². The summed E-state index contributed by atoms with van der Waals surface area (Å²) in [5.74, 6) is -0.438. The van der Waals surface area contributed by atoms with Crippen molar-refractivity contribution in [2.75, 3.05) is 20.3 Å². The van der Waals surface area contributed by atoms with Gasteiger partial charge in [0.1, 0.15) is 5.82 Å². The molecule has 7 heteroatoms. The normalized spacial score (nSPS) is 13.5. The van der Waals surface area contributed by atoms with E-state index < -0.39 is 15.8 Å². The van der Waals surface area contributed by atoms with Gasteiger partial charge in [-0.05, 0) is 37.1 Å². The van der Waals surface area contributed by atoms with Crippen molar-refractivity contribution >= 4 is 26.0 Å². The van der Waals surface area contributed by atoms with E-state index in [1.165, 1.54) is 19.2 Å². The predicted octanol–water partition coefficient (Wildman–Crippen LogP) is 2.13. The number of sulfonamides is 1. The Labute approximate surface area is 121 Å². The summed E-state index contributed by atoms with van der Waals surface area (Å²) in [6.07, 6.45) is 0. The maximum atomic E-state index is 13.2. The Bertz CT molecular complexity index is 525. The first-order valence-corrected chi connectivity index (χ1v) is 8.07. The fourth-order valence-electron chi connectivity index (χ4n) is 1.83. The van der Waals surface area contributed by atoms with Crippen molar-refractivity contribution in [3.8, 4) is 0 Å². The summed E-state index contributed by atoms with van der Waals surface area (Å²) in [7, 11) is -2.12. The molecular weight excluding hydrogens is 337 g/mol. The molecule has 1 aromatic carbocycles. The molecule has 0 saturated heterocycles. The summed E-state index contributed by atoms with van der Waals surface area (Å²) in [5.41, 5.74) is 0.783. The van der Waals surface area contributed by atoms with Gasteiger partial charge in [-0.3, -0.25) is 0 Å².